The smallest absolute Gasteiger partial charge is 0.248 e. The third-order valence-electron chi connectivity index (χ3n) is 3.28. The van der Waals surface area contributed by atoms with Crippen LogP contribution in [0.1, 0.15) is 43.2 Å². The maximum absolute atomic E-state index is 11.8. The molecule has 0 radical (unpaired) electrons. The number of anilines is 1. The van der Waals surface area contributed by atoms with Crippen molar-refractivity contribution < 1.29 is 4.79 Å². The van der Waals surface area contributed by atoms with Crippen LogP contribution in [0.3, 0.4) is 0 Å². The molecule has 0 fully saturated rings. The van der Waals surface area contributed by atoms with Crippen LogP contribution in [0.15, 0.2) is 11.6 Å². The number of nitrogens with one attached hydrogen (secondary N) is 1. The van der Waals surface area contributed by atoms with Gasteiger partial charge in [0.25, 0.3) is 0 Å². The van der Waals surface area contributed by atoms with Crippen molar-refractivity contribution in [2.75, 3.05) is 5.32 Å². The van der Waals surface area contributed by atoms with E-state index in [9.17, 15) is 10.1 Å². The summed E-state index contributed by atoms with van der Waals surface area (Å²) >= 11 is 1.56. The van der Waals surface area contributed by atoms with Gasteiger partial charge in [0.2, 0.25) is 5.91 Å². The maximum atomic E-state index is 11.8. The number of thiophene rings is 1. The molecule has 3 nitrogen and oxygen atoms in total. The molecule has 1 aromatic rings. The normalized spacial score (nSPS) is 17.3. The van der Waals surface area contributed by atoms with Crippen molar-refractivity contribution in [3.05, 3.63) is 27.7 Å². The Morgan fingerprint density at radius 1 is 1.53 bits per heavy atom. The highest BCUT2D eigenvalue weighted by molar-refractivity contribution is 7.16. The van der Waals surface area contributed by atoms with E-state index in [0.29, 0.717) is 16.5 Å². The Morgan fingerprint density at radius 3 is 2.89 bits per heavy atom. The van der Waals surface area contributed by atoms with Gasteiger partial charge in [-0.05, 0) is 44.6 Å². The van der Waals surface area contributed by atoms with Gasteiger partial charge in [0.1, 0.15) is 11.1 Å². The molecule has 1 aliphatic rings. The molecule has 4 heteroatoms. The molecule has 1 heterocycles. The maximum Gasteiger partial charge on any atom is 0.248 e. The Labute approximate surface area is 117 Å². The van der Waals surface area contributed by atoms with Crippen LogP contribution in [0.2, 0.25) is 0 Å². The van der Waals surface area contributed by atoms with E-state index in [-0.39, 0.29) is 5.91 Å². The molecule has 0 bridgehead atoms. The Morgan fingerprint density at radius 2 is 2.26 bits per heavy atom. The molecule has 0 saturated carbocycles. The number of amides is 1. The lowest BCUT2D eigenvalue weighted by atomic mass is 9.89. The molecule has 19 heavy (non-hydrogen) atoms. The summed E-state index contributed by atoms with van der Waals surface area (Å²) in [5, 5.41) is 12.9. The van der Waals surface area contributed by atoms with Gasteiger partial charge in [-0.15, -0.1) is 11.3 Å². The van der Waals surface area contributed by atoms with E-state index in [1.807, 2.05) is 13.8 Å². The summed E-state index contributed by atoms with van der Waals surface area (Å²) in [6.45, 7) is 5.99. The van der Waals surface area contributed by atoms with Crippen LogP contribution in [0.5, 0.6) is 0 Å². The van der Waals surface area contributed by atoms with Gasteiger partial charge in [-0.1, -0.05) is 12.5 Å². The molecular formula is C15H18N2OS. The number of nitrogens with zero attached hydrogens (tertiary/aromatic N) is 1. The van der Waals surface area contributed by atoms with Crippen LogP contribution in [0.4, 0.5) is 5.00 Å². The molecule has 0 spiro atoms. The molecule has 1 aromatic heterocycles. The first kappa shape index (κ1) is 13.8. The van der Waals surface area contributed by atoms with E-state index in [1.54, 1.807) is 17.4 Å². The van der Waals surface area contributed by atoms with Gasteiger partial charge < -0.3 is 5.32 Å². The van der Waals surface area contributed by atoms with E-state index in [2.05, 4.69) is 18.3 Å². The molecule has 100 valence electrons. The van der Waals surface area contributed by atoms with Gasteiger partial charge >= 0.3 is 0 Å². The predicted octanol–water partition coefficient (Wildman–Crippen LogP) is 3.65. The van der Waals surface area contributed by atoms with E-state index in [0.717, 1.165) is 30.4 Å². The topological polar surface area (TPSA) is 52.9 Å². The second-order valence-corrected chi connectivity index (χ2v) is 6.48. The molecule has 0 aliphatic heterocycles. The minimum atomic E-state index is -0.150. The summed E-state index contributed by atoms with van der Waals surface area (Å²) in [6, 6.07) is 2.25. The minimum absolute atomic E-state index is 0.150. The van der Waals surface area contributed by atoms with E-state index in [1.165, 1.54) is 4.88 Å². The van der Waals surface area contributed by atoms with Gasteiger partial charge in [0, 0.05) is 11.0 Å². The zero-order chi connectivity index (χ0) is 14.0. The van der Waals surface area contributed by atoms with Crippen molar-refractivity contribution in [1.29, 1.82) is 5.26 Å². The number of allylic oxidation sites excluding steroid dienone is 1. The highest BCUT2D eigenvalue weighted by Gasteiger charge is 2.24. The molecule has 0 aromatic carbocycles. The molecule has 1 atom stereocenters. The van der Waals surface area contributed by atoms with E-state index in [4.69, 9.17) is 0 Å². The zero-order valence-corrected chi connectivity index (χ0v) is 12.4. The van der Waals surface area contributed by atoms with Crippen molar-refractivity contribution >= 4 is 22.2 Å². The molecule has 2 rings (SSSR count). The van der Waals surface area contributed by atoms with Gasteiger partial charge in [0.05, 0.1) is 5.56 Å². The van der Waals surface area contributed by atoms with Crippen LogP contribution in [0, 0.1) is 17.2 Å². The van der Waals surface area contributed by atoms with Crippen LogP contribution < -0.4 is 5.32 Å². The third-order valence-corrected chi connectivity index (χ3v) is 4.45. The third kappa shape index (κ3) is 3.05. The highest BCUT2D eigenvalue weighted by Crippen LogP contribution is 2.39. The monoisotopic (exact) mass is 274 g/mol. The van der Waals surface area contributed by atoms with Gasteiger partial charge in [0.15, 0.2) is 0 Å². The predicted molar refractivity (Wildman–Crippen MR) is 78.3 cm³/mol. The summed E-state index contributed by atoms with van der Waals surface area (Å²) in [5.41, 5.74) is 2.77. The first-order chi connectivity index (χ1) is 9.01. The minimum Gasteiger partial charge on any atom is -0.313 e. The summed E-state index contributed by atoms with van der Waals surface area (Å²) in [7, 11) is 0. The van der Waals surface area contributed by atoms with Crippen molar-refractivity contribution in [3.63, 3.8) is 0 Å². The second kappa shape index (κ2) is 5.58. The SMILES string of the molecule is CC(C)=CC(=O)Nc1sc2c(c1C#N)CC[C@H](C)C2. The number of rotatable bonds is 2. The lowest BCUT2D eigenvalue weighted by Crippen LogP contribution is -2.10. The second-order valence-electron chi connectivity index (χ2n) is 5.38. The summed E-state index contributed by atoms with van der Waals surface area (Å²) in [6.07, 6.45) is 4.66. The molecule has 1 aliphatic carbocycles. The first-order valence-electron chi connectivity index (χ1n) is 6.51. The number of fused-ring (bicyclic) bond motifs is 1. The highest BCUT2D eigenvalue weighted by atomic mass is 32.1. The van der Waals surface area contributed by atoms with Crippen molar-refractivity contribution in [3.8, 4) is 6.07 Å². The molecule has 0 saturated heterocycles. The van der Waals surface area contributed by atoms with Crippen LogP contribution in [-0.2, 0) is 17.6 Å². The number of hydrogen-bond acceptors (Lipinski definition) is 3. The largest absolute Gasteiger partial charge is 0.313 e. The molecular weight excluding hydrogens is 256 g/mol. The Kier molecular flexibility index (Phi) is 4.06. The standard InChI is InChI=1S/C15H18N2OS/c1-9(2)6-14(18)17-15-12(8-16)11-5-4-10(3)7-13(11)19-15/h6,10H,4-5,7H2,1-3H3,(H,17,18)/t10-/m0/s1. The Hall–Kier alpha value is -1.60. The van der Waals surface area contributed by atoms with E-state index < -0.39 is 0 Å². The average molecular weight is 274 g/mol. The van der Waals surface area contributed by atoms with Crippen molar-refractivity contribution in [2.45, 2.75) is 40.0 Å². The molecule has 1 N–H and O–H groups in total. The average Bonchev–Trinajstić information content (AvgIpc) is 2.63. The fourth-order valence-corrected chi connectivity index (χ4v) is 3.73. The number of hydrogen-bond donors (Lipinski definition) is 1. The molecule has 0 unspecified atom stereocenters. The Balaban J connectivity index is 2.30. The number of carbonyl (C=O) groups is 1. The number of carbonyl (C=O) groups excluding carboxylic acids is 1. The van der Waals surface area contributed by atoms with Crippen LogP contribution >= 0.6 is 11.3 Å². The number of nitriles is 1. The first-order valence-corrected chi connectivity index (χ1v) is 7.33. The summed E-state index contributed by atoms with van der Waals surface area (Å²) in [4.78, 5) is 13.0. The lowest BCUT2D eigenvalue weighted by Gasteiger charge is -2.17. The van der Waals surface area contributed by atoms with Gasteiger partial charge in [-0.25, -0.2) is 0 Å². The Bertz CT molecular complexity index is 574. The summed E-state index contributed by atoms with van der Waals surface area (Å²) in [5.74, 6) is 0.516. The van der Waals surface area contributed by atoms with Crippen molar-refractivity contribution in [2.24, 2.45) is 5.92 Å². The van der Waals surface area contributed by atoms with E-state index >= 15 is 0 Å². The zero-order valence-electron chi connectivity index (χ0n) is 11.5. The van der Waals surface area contributed by atoms with Crippen LogP contribution in [-0.4, -0.2) is 5.91 Å². The molecule has 1 amide bonds. The lowest BCUT2D eigenvalue weighted by molar-refractivity contribution is -0.111. The quantitative estimate of drug-likeness (QED) is 0.837. The van der Waals surface area contributed by atoms with Gasteiger partial charge in [-0.3, -0.25) is 4.79 Å². The summed E-state index contributed by atoms with van der Waals surface area (Å²) < 4.78 is 0. The fraction of sp³-hybridized carbons (Fsp3) is 0.467. The van der Waals surface area contributed by atoms with Crippen molar-refractivity contribution in [1.82, 2.24) is 0 Å². The van der Waals surface area contributed by atoms with Gasteiger partial charge in [-0.2, -0.15) is 5.26 Å². The fourth-order valence-electron chi connectivity index (χ4n) is 2.37. The van der Waals surface area contributed by atoms with Crippen LogP contribution in [0.25, 0.3) is 0 Å².